The van der Waals surface area contributed by atoms with E-state index in [1.54, 1.807) is 12.3 Å². The van der Waals surface area contributed by atoms with E-state index in [1.807, 2.05) is 13.0 Å². The van der Waals surface area contributed by atoms with Gasteiger partial charge in [0.2, 0.25) is 0 Å². The molecule has 17 heavy (non-hydrogen) atoms. The van der Waals surface area contributed by atoms with Crippen LogP contribution in [-0.4, -0.2) is 25.8 Å². The highest BCUT2D eigenvalue weighted by atomic mass is 35.5. The number of aryl methyl sites for hydroxylation is 1. The maximum atomic E-state index is 11.1. The molecule has 0 aliphatic heterocycles. The van der Waals surface area contributed by atoms with E-state index in [9.17, 15) is 4.79 Å². The van der Waals surface area contributed by atoms with E-state index in [0.717, 1.165) is 5.56 Å². The summed E-state index contributed by atoms with van der Waals surface area (Å²) in [6.07, 6.45) is 1.59. The van der Waals surface area contributed by atoms with E-state index in [1.165, 1.54) is 10.7 Å². The molecule has 0 unspecified atom stereocenters. The molecular formula is C11H10ClN3O2. The number of hydrogen-bond donors (Lipinski definition) is 1. The number of pyridine rings is 1. The molecule has 6 heteroatoms. The van der Waals surface area contributed by atoms with Gasteiger partial charge in [0.1, 0.15) is 0 Å². The fourth-order valence-corrected chi connectivity index (χ4v) is 1.64. The van der Waals surface area contributed by atoms with Crippen LogP contribution in [0.25, 0.3) is 5.82 Å². The second-order valence-corrected chi connectivity index (χ2v) is 3.78. The Morgan fingerprint density at radius 2 is 2.35 bits per heavy atom. The highest BCUT2D eigenvalue weighted by molar-refractivity contribution is 6.16. The number of carbonyl (C=O) groups is 1. The maximum Gasteiger partial charge on any atom is 0.354 e. The van der Waals surface area contributed by atoms with Crippen LogP contribution in [-0.2, 0) is 5.88 Å². The van der Waals surface area contributed by atoms with Gasteiger partial charge in [-0.1, -0.05) is 6.07 Å². The van der Waals surface area contributed by atoms with Crippen LogP contribution in [0, 0.1) is 6.92 Å². The molecule has 0 aliphatic carbocycles. The lowest BCUT2D eigenvalue weighted by molar-refractivity contribution is 0.0687. The third kappa shape index (κ3) is 2.14. The first kappa shape index (κ1) is 11.6. The zero-order valence-corrected chi connectivity index (χ0v) is 9.85. The highest BCUT2D eigenvalue weighted by Gasteiger charge is 2.17. The van der Waals surface area contributed by atoms with Gasteiger partial charge in [-0.2, -0.15) is 5.10 Å². The molecule has 2 heterocycles. The standard InChI is InChI=1S/C11H10ClN3O2/c1-7-3-2-4-13-10(7)15-9(11(16)17)5-8(6-12)14-15/h2-5H,6H2,1H3,(H,16,17). The summed E-state index contributed by atoms with van der Waals surface area (Å²) in [4.78, 5) is 15.2. The molecule has 0 radical (unpaired) electrons. The van der Waals surface area contributed by atoms with Gasteiger partial charge >= 0.3 is 5.97 Å². The minimum atomic E-state index is -1.06. The molecule has 88 valence electrons. The largest absolute Gasteiger partial charge is 0.477 e. The Balaban J connectivity index is 2.62. The van der Waals surface area contributed by atoms with Gasteiger partial charge in [-0.3, -0.25) is 0 Å². The Kier molecular flexibility index (Phi) is 3.10. The predicted molar refractivity (Wildman–Crippen MR) is 62.6 cm³/mol. The first-order valence-corrected chi connectivity index (χ1v) is 5.47. The molecule has 2 rings (SSSR count). The van der Waals surface area contributed by atoms with Crippen LogP contribution in [0.15, 0.2) is 24.4 Å². The van der Waals surface area contributed by atoms with Gasteiger partial charge < -0.3 is 5.11 Å². The number of alkyl halides is 1. The number of halogens is 1. The average molecular weight is 252 g/mol. The van der Waals surface area contributed by atoms with Crippen LogP contribution in [0.1, 0.15) is 21.7 Å². The van der Waals surface area contributed by atoms with Crippen molar-refractivity contribution in [3.63, 3.8) is 0 Å². The van der Waals surface area contributed by atoms with Gasteiger partial charge in [0.25, 0.3) is 0 Å². The Morgan fingerprint density at radius 1 is 1.59 bits per heavy atom. The molecule has 0 saturated heterocycles. The topological polar surface area (TPSA) is 68.0 Å². The maximum absolute atomic E-state index is 11.1. The monoisotopic (exact) mass is 251 g/mol. The third-order valence-corrected chi connectivity index (χ3v) is 2.57. The zero-order valence-electron chi connectivity index (χ0n) is 9.09. The second kappa shape index (κ2) is 4.55. The Bertz CT molecular complexity index is 566. The predicted octanol–water partition coefficient (Wildman–Crippen LogP) is 2.01. The molecule has 0 amide bonds. The molecule has 0 fully saturated rings. The van der Waals surface area contributed by atoms with Crippen molar-refractivity contribution in [3.8, 4) is 5.82 Å². The van der Waals surface area contributed by atoms with Crippen LogP contribution >= 0.6 is 11.6 Å². The summed E-state index contributed by atoms with van der Waals surface area (Å²) in [6, 6.07) is 5.07. The minimum absolute atomic E-state index is 0.0578. The fraction of sp³-hybridized carbons (Fsp3) is 0.182. The van der Waals surface area contributed by atoms with E-state index >= 15 is 0 Å². The van der Waals surface area contributed by atoms with Crippen molar-refractivity contribution in [2.45, 2.75) is 12.8 Å². The van der Waals surface area contributed by atoms with Crippen molar-refractivity contribution in [3.05, 3.63) is 41.3 Å². The quantitative estimate of drug-likeness (QED) is 0.848. The zero-order chi connectivity index (χ0) is 12.4. The van der Waals surface area contributed by atoms with Crippen LogP contribution in [0.5, 0.6) is 0 Å². The van der Waals surface area contributed by atoms with Crippen molar-refractivity contribution >= 4 is 17.6 Å². The van der Waals surface area contributed by atoms with Crippen LogP contribution in [0.3, 0.4) is 0 Å². The molecular weight excluding hydrogens is 242 g/mol. The van der Waals surface area contributed by atoms with E-state index in [4.69, 9.17) is 16.7 Å². The summed E-state index contributed by atoms with van der Waals surface area (Å²) in [7, 11) is 0. The molecule has 2 aromatic rings. The molecule has 0 spiro atoms. The third-order valence-electron chi connectivity index (χ3n) is 2.30. The molecule has 0 saturated carbocycles. The van der Waals surface area contributed by atoms with Crippen molar-refractivity contribution in [1.29, 1.82) is 0 Å². The summed E-state index contributed by atoms with van der Waals surface area (Å²) in [5.74, 6) is -0.390. The number of carboxylic acids is 1. The Labute approximate surface area is 103 Å². The molecule has 1 N–H and O–H groups in total. The SMILES string of the molecule is Cc1cccnc1-n1nc(CCl)cc1C(=O)O. The number of aromatic nitrogens is 3. The fourth-order valence-electron chi connectivity index (χ4n) is 1.51. The smallest absolute Gasteiger partial charge is 0.354 e. The number of aromatic carboxylic acids is 1. The first-order valence-electron chi connectivity index (χ1n) is 4.93. The average Bonchev–Trinajstić information content (AvgIpc) is 2.73. The number of carboxylic acid groups (broad SMARTS) is 1. The van der Waals surface area contributed by atoms with E-state index in [-0.39, 0.29) is 11.6 Å². The van der Waals surface area contributed by atoms with E-state index < -0.39 is 5.97 Å². The van der Waals surface area contributed by atoms with Crippen molar-refractivity contribution in [2.75, 3.05) is 0 Å². The van der Waals surface area contributed by atoms with Crippen LogP contribution in [0.4, 0.5) is 0 Å². The second-order valence-electron chi connectivity index (χ2n) is 3.52. The van der Waals surface area contributed by atoms with Crippen molar-refractivity contribution < 1.29 is 9.90 Å². The van der Waals surface area contributed by atoms with E-state index in [0.29, 0.717) is 11.5 Å². The number of hydrogen-bond acceptors (Lipinski definition) is 3. The molecule has 0 aliphatic rings. The molecule has 0 bridgehead atoms. The lowest BCUT2D eigenvalue weighted by Gasteiger charge is -2.05. The summed E-state index contributed by atoms with van der Waals surface area (Å²) in [5, 5.41) is 13.2. The Hall–Kier alpha value is -1.88. The normalized spacial score (nSPS) is 10.5. The minimum Gasteiger partial charge on any atom is -0.477 e. The lowest BCUT2D eigenvalue weighted by Crippen LogP contribution is -2.10. The molecule has 2 aromatic heterocycles. The molecule has 5 nitrogen and oxygen atoms in total. The van der Waals surface area contributed by atoms with Gasteiger partial charge in [-0.05, 0) is 24.6 Å². The van der Waals surface area contributed by atoms with Gasteiger partial charge in [-0.25, -0.2) is 14.5 Å². The van der Waals surface area contributed by atoms with Gasteiger partial charge in [0.05, 0.1) is 11.6 Å². The Morgan fingerprint density at radius 3 is 2.94 bits per heavy atom. The van der Waals surface area contributed by atoms with Crippen LogP contribution in [0.2, 0.25) is 0 Å². The van der Waals surface area contributed by atoms with Crippen LogP contribution < -0.4 is 0 Å². The number of rotatable bonds is 3. The number of nitrogens with zero attached hydrogens (tertiary/aromatic N) is 3. The molecule has 0 atom stereocenters. The van der Waals surface area contributed by atoms with Gasteiger partial charge in [-0.15, -0.1) is 11.6 Å². The van der Waals surface area contributed by atoms with Gasteiger partial charge in [0, 0.05) is 6.20 Å². The first-order chi connectivity index (χ1) is 8.13. The highest BCUT2D eigenvalue weighted by Crippen LogP contribution is 2.15. The van der Waals surface area contributed by atoms with E-state index in [2.05, 4.69) is 10.1 Å². The summed E-state index contributed by atoms with van der Waals surface area (Å²) in [5.41, 5.74) is 1.41. The summed E-state index contributed by atoms with van der Waals surface area (Å²) >= 11 is 5.65. The van der Waals surface area contributed by atoms with Crippen molar-refractivity contribution in [1.82, 2.24) is 14.8 Å². The van der Waals surface area contributed by atoms with Gasteiger partial charge in [0.15, 0.2) is 11.5 Å². The summed E-state index contributed by atoms with van der Waals surface area (Å²) < 4.78 is 1.30. The lowest BCUT2D eigenvalue weighted by atomic mass is 10.3. The van der Waals surface area contributed by atoms with Crippen molar-refractivity contribution in [2.24, 2.45) is 0 Å². The summed E-state index contributed by atoms with van der Waals surface area (Å²) in [6.45, 7) is 1.84. The molecule has 0 aromatic carbocycles.